The molecule has 2 heteroatoms. The molecule has 0 fully saturated rings. The van der Waals surface area contributed by atoms with E-state index in [4.69, 9.17) is 4.74 Å². The molecule has 1 unspecified atom stereocenters. The molecule has 0 spiro atoms. The number of aldehydes is 1. The van der Waals surface area contributed by atoms with Gasteiger partial charge in [0.25, 0.3) is 0 Å². The van der Waals surface area contributed by atoms with E-state index < -0.39 is 0 Å². The largest absolute Gasteiger partial charge is 0.496 e. The first-order valence-corrected chi connectivity index (χ1v) is 4.96. The van der Waals surface area contributed by atoms with E-state index in [0.717, 1.165) is 24.9 Å². The van der Waals surface area contributed by atoms with Crippen molar-refractivity contribution in [1.29, 1.82) is 0 Å². The Kier molecular flexibility index (Phi) is 2.53. The molecule has 1 aromatic rings. The highest BCUT2D eigenvalue weighted by Crippen LogP contribution is 2.40. The summed E-state index contributed by atoms with van der Waals surface area (Å²) >= 11 is 0. The highest BCUT2D eigenvalue weighted by Gasteiger charge is 2.25. The number of ether oxygens (including phenoxy) is 1. The predicted octanol–water partition coefficient (Wildman–Crippen LogP) is 2.31. The number of benzene rings is 1. The Hall–Kier alpha value is -1.31. The van der Waals surface area contributed by atoms with Gasteiger partial charge in [-0.1, -0.05) is 12.1 Å². The SMILES string of the molecule is COc1cccc2c1C(CC=O)CC2. The van der Waals surface area contributed by atoms with E-state index in [1.807, 2.05) is 12.1 Å². The van der Waals surface area contributed by atoms with Crippen LogP contribution in [0.15, 0.2) is 18.2 Å². The van der Waals surface area contributed by atoms with E-state index in [0.29, 0.717) is 12.3 Å². The van der Waals surface area contributed by atoms with Crippen LogP contribution in [0.25, 0.3) is 0 Å². The van der Waals surface area contributed by atoms with Gasteiger partial charge in [0.05, 0.1) is 7.11 Å². The second-order valence-electron chi connectivity index (χ2n) is 3.67. The summed E-state index contributed by atoms with van der Waals surface area (Å²) in [5.41, 5.74) is 2.60. The summed E-state index contributed by atoms with van der Waals surface area (Å²) in [6.45, 7) is 0. The highest BCUT2D eigenvalue weighted by molar-refractivity contribution is 5.55. The van der Waals surface area contributed by atoms with Gasteiger partial charge in [0, 0.05) is 12.0 Å². The van der Waals surface area contributed by atoms with E-state index in [9.17, 15) is 4.79 Å². The second kappa shape index (κ2) is 3.82. The van der Waals surface area contributed by atoms with Crippen molar-refractivity contribution in [3.8, 4) is 5.75 Å². The predicted molar refractivity (Wildman–Crippen MR) is 54.7 cm³/mol. The Bertz CT molecular complexity index is 344. The Morgan fingerprint density at radius 3 is 3.14 bits per heavy atom. The van der Waals surface area contributed by atoms with Gasteiger partial charge < -0.3 is 9.53 Å². The molecule has 0 saturated carbocycles. The number of hydrogen-bond donors (Lipinski definition) is 0. The van der Waals surface area contributed by atoms with Crippen molar-refractivity contribution >= 4 is 6.29 Å². The van der Waals surface area contributed by atoms with Gasteiger partial charge in [0.2, 0.25) is 0 Å². The molecule has 1 aliphatic rings. The molecule has 1 aromatic carbocycles. The summed E-state index contributed by atoms with van der Waals surface area (Å²) in [4.78, 5) is 10.5. The average molecular weight is 190 g/mol. The van der Waals surface area contributed by atoms with E-state index in [1.165, 1.54) is 11.1 Å². The van der Waals surface area contributed by atoms with E-state index in [1.54, 1.807) is 7.11 Å². The first-order valence-electron chi connectivity index (χ1n) is 4.96. The second-order valence-corrected chi connectivity index (χ2v) is 3.67. The molecule has 74 valence electrons. The normalized spacial score (nSPS) is 19.1. The van der Waals surface area contributed by atoms with Gasteiger partial charge >= 0.3 is 0 Å². The molecular formula is C12H14O2. The van der Waals surface area contributed by atoms with Crippen LogP contribution in [0.5, 0.6) is 5.75 Å². The van der Waals surface area contributed by atoms with Gasteiger partial charge in [-0.15, -0.1) is 0 Å². The quantitative estimate of drug-likeness (QED) is 0.684. The zero-order chi connectivity index (χ0) is 9.97. The summed E-state index contributed by atoms with van der Waals surface area (Å²) in [5.74, 6) is 1.31. The Balaban J connectivity index is 2.40. The van der Waals surface area contributed by atoms with Crippen LogP contribution in [0.1, 0.15) is 29.9 Å². The van der Waals surface area contributed by atoms with Crippen molar-refractivity contribution in [3.05, 3.63) is 29.3 Å². The lowest BCUT2D eigenvalue weighted by Gasteiger charge is -2.12. The lowest BCUT2D eigenvalue weighted by Crippen LogP contribution is -1.97. The third kappa shape index (κ3) is 1.41. The molecule has 0 aliphatic heterocycles. The fourth-order valence-electron chi connectivity index (χ4n) is 2.27. The monoisotopic (exact) mass is 190 g/mol. The minimum atomic E-state index is 0.374. The highest BCUT2D eigenvalue weighted by atomic mass is 16.5. The topological polar surface area (TPSA) is 26.3 Å². The van der Waals surface area contributed by atoms with Crippen LogP contribution in [0, 0.1) is 0 Å². The molecule has 0 heterocycles. The lowest BCUT2D eigenvalue weighted by atomic mass is 9.98. The minimum absolute atomic E-state index is 0.374. The van der Waals surface area contributed by atoms with Crippen LogP contribution in [0.4, 0.5) is 0 Å². The van der Waals surface area contributed by atoms with Gasteiger partial charge in [-0.25, -0.2) is 0 Å². The summed E-state index contributed by atoms with van der Waals surface area (Å²) in [7, 11) is 1.69. The Morgan fingerprint density at radius 2 is 2.43 bits per heavy atom. The first kappa shape index (κ1) is 9.25. The zero-order valence-electron chi connectivity index (χ0n) is 8.32. The van der Waals surface area contributed by atoms with Gasteiger partial charge in [-0.3, -0.25) is 0 Å². The molecule has 0 bridgehead atoms. The summed E-state index contributed by atoms with van der Waals surface area (Å²) in [6, 6.07) is 6.12. The first-order chi connectivity index (χ1) is 6.86. The van der Waals surface area contributed by atoms with Crippen LogP contribution >= 0.6 is 0 Å². The van der Waals surface area contributed by atoms with Gasteiger partial charge in [-0.2, -0.15) is 0 Å². The smallest absolute Gasteiger partial charge is 0.122 e. The molecule has 14 heavy (non-hydrogen) atoms. The molecule has 1 atom stereocenters. The molecule has 0 amide bonds. The summed E-state index contributed by atoms with van der Waals surface area (Å²) in [6.07, 6.45) is 3.78. The van der Waals surface area contributed by atoms with E-state index in [2.05, 4.69) is 6.07 Å². The van der Waals surface area contributed by atoms with Crippen LogP contribution in [0.3, 0.4) is 0 Å². The lowest BCUT2D eigenvalue weighted by molar-refractivity contribution is -0.108. The summed E-state index contributed by atoms with van der Waals surface area (Å²) in [5, 5.41) is 0. The van der Waals surface area contributed by atoms with Crippen LogP contribution < -0.4 is 4.74 Å². The van der Waals surface area contributed by atoms with E-state index >= 15 is 0 Å². The maximum absolute atomic E-state index is 10.5. The number of carbonyl (C=O) groups is 1. The fourth-order valence-corrected chi connectivity index (χ4v) is 2.27. The molecule has 0 radical (unpaired) electrons. The third-order valence-electron chi connectivity index (χ3n) is 2.93. The standard InChI is InChI=1S/C12H14O2/c1-14-11-4-2-3-9-5-6-10(7-8-13)12(9)11/h2-4,8,10H,5-7H2,1H3. The van der Waals surface area contributed by atoms with Crippen molar-refractivity contribution in [2.24, 2.45) is 0 Å². The van der Waals surface area contributed by atoms with Crippen molar-refractivity contribution in [2.75, 3.05) is 7.11 Å². The van der Waals surface area contributed by atoms with Gasteiger partial charge in [0.1, 0.15) is 12.0 Å². The Labute approximate surface area is 83.9 Å². The van der Waals surface area contributed by atoms with Gasteiger partial charge in [0.15, 0.2) is 0 Å². The van der Waals surface area contributed by atoms with Crippen LogP contribution in [0.2, 0.25) is 0 Å². The summed E-state index contributed by atoms with van der Waals surface area (Å²) < 4.78 is 5.32. The number of carbonyl (C=O) groups excluding carboxylic acids is 1. The molecule has 1 aliphatic carbocycles. The van der Waals surface area contributed by atoms with Gasteiger partial charge in [-0.05, 0) is 30.4 Å². The Morgan fingerprint density at radius 1 is 1.57 bits per heavy atom. The number of aryl methyl sites for hydroxylation is 1. The maximum atomic E-state index is 10.5. The van der Waals surface area contributed by atoms with E-state index in [-0.39, 0.29) is 0 Å². The number of fused-ring (bicyclic) bond motifs is 1. The van der Waals surface area contributed by atoms with Crippen molar-refractivity contribution in [3.63, 3.8) is 0 Å². The number of rotatable bonds is 3. The fraction of sp³-hybridized carbons (Fsp3) is 0.417. The molecular weight excluding hydrogens is 176 g/mol. The van der Waals surface area contributed by atoms with Crippen molar-refractivity contribution < 1.29 is 9.53 Å². The van der Waals surface area contributed by atoms with Crippen LogP contribution in [-0.2, 0) is 11.2 Å². The zero-order valence-corrected chi connectivity index (χ0v) is 8.32. The molecule has 2 nitrogen and oxygen atoms in total. The van der Waals surface area contributed by atoms with Crippen LogP contribution in [-0.4, -0.2) is 13.4 Å². The molecule has 0 aromatic heterocycles. The maximum Gasteiger partial charge on any atom is 0.122 e. The number of methoxy groups -OCH3 is 1. The molecule has 2 rings (SSSR count). The van der Waals surface area contributed by atoms with Crippen molar-refractivity contribution in [2.45, 2.75) is 25.2 Å². The minimum Gasteiger partial charge on any atom is -0.496 e. The molecule has 0 saturated heterocycles. The average Bonchev–Trinajstić information content (AvgIpc) is 2.62. The van der Waals surface area contributed by atoms with Crippen molar-refractivity contribution in [1.82, 2.24) is 0 Å². The third-order valence-corrected chi connectivity index (χ3v) is 2.93. The number of hydrogen-bond acceptors (Lipinski definition) is 2. The molecule has 0 N–H and O–H groups in total.